The van der Waals surface area contributed by atoms with Crippen molar-refractivity contribution < 1.29 is 0 Å². The molecule has 0 saturated heterocycles. The van der Waals surface area contributed by atoms with Crippen molar-refractivity contribution in [3.8, 4) is 5.69 Å². The number of nitrogens with one attached hydrogen (secondary N) is 1. The summed E-state index contributed by atoms with van der Waals surface area (Å²) in [6.45, 7) is 1.41. The van der Waals surface area contributed by atoms with Crippen LogP contribution in [0.4, 0.5) is 5.69 Å². The van der Waals surface area contributed by atoms with Crippen molar-refractivity contribution in [1.29, 1.82) is 0 Å². The van der Waals surface area contributed by atoms with Crippen LogP contribution in [0.25, 0.3) is 5.69 Å². The van der Waals surface area contributed by atoms with Crippen molar-refractivity contribution in [2.75, 3.05) is 11.4 Å². The minimum atomic E-state index is -0.366. The van der Waals surface area contributed by atoms with Gasteiger partial charge >= 0.3 is 0 Å². The first-order valence-electron chi connectivity index (χ1n) is 7.33. The Balaban J connectivity index is 1.66. The van der Waals surface area contributed by atoms with Gasteiger partial charge in [-0.05, 0) is 12.1 Å². The predicted octanol–water partition coefficient (Wildman–Crippen LogP) is 2.17. The van der Waals surface area contributed by atoms with Crippen LogP contribution in [0.2, 0.25) is 5.02 Å². The van der Waals surface area contributed by atoms with Crippen molar-refractivity contribution in [1.82, 2.24) is 20.0 Å². The van der Waals surface area contributed by atoms with Gasteiger partial charge in [0.2, 0.25) is 0 Å². The van der Waals surface area contributed by atoms with E-state index in [1.54, 1.807) is 6.20 Å². The number of para-hydroxylation sites is 1. The molecule has 6 nitrogen and oxygen atoms in total. The van der Waals surface area contributed by atoms with E-state index >= 15 is 0 Å². The number of halogens is 1. The minimum absolute atomic E-state index is 0.180. The van der Waals surface area contributed by atoms with Crippen LogP contribution in [0.3, 0.4) is 0 Å². The lowest BCUT2D eigenvalue weighted by atomic mass is 10.1. The van der Waals surface area contributed by atoms with E-state index < -0.39 is 0 Å². The fourth-order valence-corrected chi connectivity index (χ4v) is 3.04. The number of nitrogens with zero attached hydrogens (tertiary/aromatic N) is 4. The standard InChI is InChI=1S/C16H14ClN5O/c17-15-14(8-18-19-16(15)23)21-7-6-13-11(9-21)10-22(20-13)12-4-2-1-3-5-12/h1-5,8,10H,6-7,9H2,(H,19,23). The molecule has 0 unspecified atom stereocenters. The number of H-pyrrole nitrogens is 1. The topological polar surface area (TPSA) is 66.8 Å². The van der Waals surface area contributed by atoms with E-state index in [1.807, 2.05) is 41.2 Å². The van der Waals surface area contributed by atoms with Gasteiger partial charge in [-0.15, -0.1) is 0 Å². The molecule has 116 valence electrons. The highest BCUT2D eigenvalue weighted by molar-refractivity contribution is 6.32. The molecular weight excluding hydrogens is 314 g/mol. The molecule has 4 rings (SSSR count). The van der Waals surface area contributed by atoms with E-state index in [-0.39, 0.29) is 10.6 Å². The van der Waals surface area contributed by atoms with Gasteiger partial charge in [0.1, 0.15) is 5.02 Å². The highest BCUT2D eigenvalue weighted by Gasteiger charge is 2.22. The third kappa shape index (κ3) is 2.51. The molecule has 0 radical (unpaired) electrons. The number of rotatable bonds is 2. The third-order valence-corrected chi connectivity index (χ3v) is 4.36. The van der Waals surface area contributed by atoms with Crippen LogP contribution in [0.5, 0.6) is 0 Å². The SMILES string of the molecule is O=c1[nH]ncc(N2CCc3nn(-c4ccccc4)cc3C2)c1Cl. The summed E-state index contributed by atoms with van der Waals surface area (Å²) >= 11 is 6.11. The van der Waals surface area contributed by atoms with Crippen LogP contribution < -0.4 is 10.5 Å². The Morgan fingerprint density at radius 2 is 2.04 bits per heavy atom. The Kier molecular flexibility index (Phi) is 3.38. The predicted molar refractivity (Wildman–Crippen MR) is 88.2 cm³/mol. The first-order valence-corrected chi connectivity index (χ1v) is 7.71. The van der Waals surface area contributed by atoms with Crippen LogP contribution in [0, 0.1) is 0 Å². The maximum Gasteiger partial charge on any atom is 0.285 e. The van der Waals surface area contributed by atoms with Crippen molar-refractivity contribution in [2.45, 2.75) is 13.0 Å². The summed E-state index contributed by atoms with van der Waals surface area (Å²) in [7, 11) is 0. The number of fused-ring (bicyclic) bond motifs is 1. The van der Waals surface area contributed by atoms with E-state index in [0.29, 0.717) is 12.2 Å². The van der Waals surface area contributed by atoms with Crippen LogP contribution in [-0.4, -0.2) is 26.5 Å². The second-order valence-electron chi connectivity index (χ2n) is 5.45. The number of aromatic nitrogens is 4. The van der Waals surface area contributed by atoms with Gasteiger partial charge < -0.3 is 4.90 Å². The normalized spacial score (nSPS) is 13.9. The first kappa shape index (κ1) is 14.0. The number of hydrogen-bond donors (Lipinski definition) is 1. The summed E-state index contributed by atoms with van der Waals surface area (Å²) in [5.41, 5.74) is 3.54. The molecular formula is C16H14ClN5O. The number of benzene rings is 1. The molecule has 0 atom stereocenters. The minimum Gasteiger partial charge on any atom is -0.364 e. The molecule has 0 fully saturated rings. The Hall–Kier alpha value is -2.60. The van der Waals surface area contributed by atoms with Gasteiger partial charge in [-0.25, -0.2) is 9.78 Å². The van der Waals surface area contributed by atoms with Gasteiger partial charge in [-0.1, -0.05) is 29.8 Å². The summed E-state index contributed by atoms with van der Waals surface area (Å²) in [4.78, 5) is 13.7. The Bertz CT molecular complexity index is 902. The van der Waals surface area contributed by atoms with Crippen LogP contribution in [-0.2, 0) is 13.0 Å². The first-order chi connectivity index (χ1) is 11.2. The number of aromatic amines is 1. The fraction of sp³-hybridized carbons (Fsp3) is 0.188. The molecule has 7 heteroatoms. The van der Waals surface area contributed by atoms with Crippen molar-refractivity contribution in [3.63, 3.8) is 0 Å². The molecule has 3 aromatic rings. The number of anilines is 1. The molecule has 0 bridgehead atoms. The van der Waals surface area contributed by atoms with Crippen LogP contribution >= 0.6 is 11.6 Å². The Morgan fingerprint density at radius 1 is 1.22 bits per heavy atom. The van der Waals surface area contributed by atoms with Crippen molar-refractivity contribution in [2.24, 2.45) is 0 Å². The summed E-state index contributed by atoms with van der Waals surface area (Å²) in [5, 5.41) is 11.0. The average molecular weight is 328 g/mol. The summed E-state index contributed by atoms with van der Waals surface area (Å²) < 4.78 is 1.89. The Labute approximate surface area is 137 Å². The monoisotopic (exact) mass is 327 g/mol. The van der Waals surface area contributed by atoms with Crippen molar-refractivity contribution >= 4 is 17.3 Å². The molecule has 0 amide bonds. The fourth-order valence-electron chi connectivity index (χ4n) is 2.83. The molecule has 0 saturated carbocycles. The highest BCUT2D eigenvalue weighted by Crippen LogP contribution is 2.27. The number of hydrogen-bond acceptors (Lipinski definition) is 4. The van der Waals surface area contributed by atoms with Crippen LogP contribution in [0.15, 0.2) is 47.5 Å². The summed E-state index contributed by atoms with van der Waals surface area (Å²) in [5.74, 6) is 0. The van der Waals surface area contributed by atoms with Gasteiger partial charge in [0.15, 0.2) is 0 Å². The molecule has 1 aromatic carbocycles. The van der Waals surface area contributed by atoms with Gasteiger partial charge in [0.25, 0.3) is 5.56 Å². The smallest absolute Gasteiger partial charge is 0.285 e. The van der Waals surface area contributed by atoms with E-state index in [4.69, 9.17) is 11.6 Å². The second-order valence-corrected chi connectivity index (χ2v) is 5.83. The lowest BCUT2D eigenvalue weighted by Gasteiger charge is -2.28. The molecule has 1 aliphatic rings. The van der Waals surface area contributed by atoms with Gasteiger partial charge in [0, 0.05) is 31.3 Å². The Morgan fingerprint density at radius 3 is 2.87 bits per heavy atom. The summed E-state index contributed by atoms with van der Waals surface area (Å²) in [6.07, 6.45) is 4.43. The zero-order valence-corrected chi connectivity index (χ0v) is 13.0. The van der Waals surface area contributed by atoms with Crippen LogP contribution in [0.1, 0.15) is 11.3 Å². The third-order valence-electron chi connectivity index (χ3n) is 4.00. The zero-order chi connectivity index (χ0) is 15.8. The molecule has 2 aromatic heterocycles. The average Bonchev–Trinajstić information content (AvgIpc) is 3.01. The van der Waals surface area contributed by atoms with Gasteiger partial charge in [0.05, 0.1) is 23.3 Å². The largest absolute Gasteiger partial charge is 0.364 e. The van der Waals surface area contributed by atoms with E-state index in [0.717, 1.165) is 29.9 Å². The molecule has 1 aliphatic heterocycles. The molecule has 23 heavy (non-hydrogen) atoms. The van der Waals surface area contributed by atoms with E-state index in [2.05, 4.69) is 20.2 Å². The molecule has 0 aliphatic carbocycles. The van der Waals surface area contributed by atoms with Crippen molar-refractivity contribution in [3.05, 3.63) is 69.4 Å². The lowest BCUT2D eigenvalue weighted by Crippen LogP contribution is -2.31. The second kappa shape index (κ2) is 5.55. The van der Waals surface area contributed by atoms with E-state index in [9.17, 15) is 4.79 Å². The lowest BCUT2D eigenvalue weighted by molar-refractivity contribution is 0.711. The van der Waals surface area contributed by atoms with Gasteiger partial charge in [-0.3, -0.25) is 4.79 Å². The van der Waals surface area contributed by atoms with Gasteiger partial charge in [-0.2, -0.15) is 10.2 Å². The quantitative estimate of drug-likeness (QED) is 0.783. The molecule has 1 N–H and O–H groups in total. The highest BCUT2D eigenvalue weighted by atomic mass is 35.5. The zero-order valence-electron chi connectivity index (χ0n) is 12.2. The maximum atomic E-state index is 11.6. The van der Waals surface area contributed by atoms with E-state index in [1.165, 1.54) is 0 Å². The molecule has 0 spiro atoms. The molecule has 3 heterocycles. The maximum absolute atomic E-state index is 11.6. The summed E-state index contributed by atoms with van der Waals surface area (Å²) in [6, 6.07) is 10.0.